The molecule has 0 atom stereocenters. The van der Waals surface area contributed by atoms with Crippen LogP contribution in [0.5, 0.6) is 5.75 Å². The Morgan fingerprint density at radius 3 is 2.38 bits per heavy atom. The number of pyridine rings is 1. The zero-order valence-electron chi connectivity index (χ0n) is 15.8. The van der Waals surface area contributed by atoms with E-state index >= 15 is 0 Å². The molecule has 2 aromatic carbocycles. The van der Waals surface area contributed by atoms with Crippen LogP contribution in [0.4, 0.5) is 4.79 Å². The molecular weight excluding hydrogens is 370 g/mol. The van der Waals surface area contributed by atoms with Crippen LogP contribution in [0.2, 0.25) is 0 Å². The smallest absolute Gasteiger partial charge is 0.410 e. The number of benzene rings is 2. The number of para-hydroxylation sites is 2. The number of ether oxygens (including phenoxy) is 1. The summed E-state index contributed by atoms with van der Waals surface area (Å²) < 4.78 is 5.39. The Balaban J connectivity index is 1.46. The van der Waals surface area contributed by atoms with Gasteiger partial charge in [-0.05, 0) is 30.7 Å². The van der Waals surface area contributed by atoms with Gasteiger partial charge in [0.1, 0.15) is 11.3 Å². The van der Waals surface area contributed by atoms with E-state index in [2.05, 4.69) is 4.98 Å². The molecule has 0 spiro atoms. The Labute approximate surface area is 167 Å². The van der Waals surface area contributed by atoms with Gasteiger partial charge in [0.2, 0.25) is 5.43 Å². The maximum atomic E-state index is 13.0. The molecule has 1 fully saturated rings. The zero-order chi connectivity index (χ0) is 20.2. The number of H-pyrrole nitrogens is 1. The molecule has 29 heavy (non-hydrogen) atoms. The van der Waals surface area contributed by atoms with Crippen molar-refractivity contribution in [2.24, 2.45) is 0 Å². The molecule has 1 aromatic heterocycles. The van der Waals surface area contributed by atoms with Crippen molar-refractivity contribution in [1.29, 1.82) is 0 Å². The summed E-state index contributed by atoms with van der Waals surface area (Å²) >= 11 is 0. The zero-order valence-corrected chi connectivity index (χ0v) is 15.8. The fourth-order valence-corrected chi connectivity index (χ4v) is 3.45. The first-order valence-electron chi connectivity index (χ1n) is 9.55. The first kappa shape index (κ1) is 18.7. The lowest BCUT2D eigenvalue weighted by atomic mass is 10.1. The van der Waals surface area contributed by atoms with E-state index in [1.165, 1.54) is 6.20 Å². The normalized spacial score (nSPS) is 14.5. The number of aromatic amines is 1. The minimum atomic E-state index is -0.436. The number of fused-ring (bicyclic) bond motifs is 1. The summed E-state index contributed by atoms with van der Waals surface area (Å²) in [6, 6.07) is 16.0. The predicted molar refractivity (Wildman–Crippen MR) is 109 cm³/mol. The van der Waals surface area contributed by atoms with Crippen LogP contribution in [-0.2, 0) is 0 Å². The lowest BCUT2D eigenvalue weighted by molar-refractivity contribution is 0.0758. The van der Waals surface area contributed by atoms with E-state index in [0.717, 1.165) is 0 Å². The van der Waals surface area contributed by atoms with E-state index in [4.69, 9.17) is 4.74 Å². The highest BCUT2D eigenvalue weighted by atomic mass is 16.6. The molecule has 7 heteroatoms. The Bertz CT molecular complexity index is 1090. The quantitative estimate of drug-likeness (QED) is 0.728. The minimum absolute atomic E-state index is 0.115. The first-order chi connectivity index (χ1) is 14.1. The van der Waals surface area contributed by atoms with E-state index in [-0.39, 0.29) is 16.9 Å². The largest absolute Gasteiger partial charge is 0.415 e. The van der Waals surface area contributed by atoms with Crippen LogP contribution in [0.25, 0.3) is 10.9 Å². The molecule has 148 valence electrons. The van der Waals surface area contributed by atoms with Crippen LogP contribution in [0.3, 0.4) is 0 Å². The minimum Gasteiger partial charge on any atom is -0.410 e. The van der Waals surface area contributed by atoms with Crippen LogP contribution in [0, 0.1) is 0 Å². The molecule has 2 amide bonds. The molecule has 4 rings (SSSR count). The van der Waals surface area contributed by atoms with Crippen molar-refractivity contribution in [2.75, 3.05) is 26.2 Å². The molecule has 0 unspecified atom stereocenters. The van der Waals surface area contributed by atoms with Crippen LogP contribution in [0.15, 0.2) is 65.6 Å². The van der Waals surface area contributed by atoms with Gasteiger partial charge in [0.25, 0.3) is 5.91 Å². The van der Waals surface area contributed by atoms with Crippen LogP contribution in [-0.4, -0.2) is 53.0 Å². The van der Waals surface area contributed by atoms with Crippen LogP contribution < -0.4 is 10.2 Å². The number of nitrogens with one attached hydrogen (secondary N) is 1. The highest BCUT2D eigenvalue weighted by Crippen LogP contribution is 2.14. The summed E-state index contributed by atoms with van der Waals surface area (Å²) in [5.74, 6) is 0.160. The van der Waals surface area contributed by atoms with Gasteiger partial charge < -0.3 is 19.5 Å². The highest BCUT2D eigenvalue weighted by Gasteiger charge is 2.25. The molecular formula is C22H21N3O4. The Kier molecular flexibility index (Phi) is 5.29. The number of amides is 2. The van der Waals surface area contributed by atoms with Crippen molar-refractivity contribution in [3.8, 4) is 5.75 Å². The van der Waals surface area contributed by atoms with Crippen molar-refractivity contribution in [1.82, 2.24) is 14.8 Å². The molecule has 2 heterocycles. The maximum Gasteiger partial charge on any atom is 0.415 e. The predicted octanol–water partition coefficient (Wildman–Crippen LogP) is 2.88. The standard InChI is InChI=1S/C22H21N3O4/c26-20-17-9-4-5-10-19(17)23-15-18(20)21(27)24-11-6-12-25(14-13-24)22(28)29-16-7-2-1-3-8-16/h1-5,7-10,15H,6,11-14H2,(H,23,26). The summed E-state index contributed by atoms with van der Waals surface area (Å²) in [5, 5.41) is 0.487. The molecule has 0 bridgehead atoms. The van der Waals surface area contributed by atoms with Gasteiger partial charge >= 0.3 is 6.09 Å². The number of aromatic nitrogens is 1. The van der Waals surface area contributed by atoms with Crippen molar-refractivity contribution in [3.63, 3.8) is 0 Å². The number of hydrogen-bond donors (Lipinski definition) is 1. The third-order valence-corrected chi connectivity index (χ3v) is 5.01. The van der Waals surface area contributed by atoms with Gasteiger partial charge in [-0.2, -0.15) is 0 Å². The van der Waals surface area contributed by atoms with E-state index in [1.54, 1.807) is 52.3 Å². The molecule has 0 saturated carbocycles. The second kappa shape index (κ2) is 8.18. The van der Waals surface area contributed by atoms with Crippen molar-refractivity contribution in [3.05, 3.63) is 76.6 Å². The Hall–Kier alpha value is -3.61. The maximum absolute atomic E-state index is 13.0. The van der Waals surface area contributed by atoms with Gasteiger partial charge in [0, 0.05) is 43.3 Å². The van der Waals surface area contributed by atoms with Crippen molar-refractivity contribution in [2.45, 2.75) is 6.42 Å². The molecule has 3 aromatic rings. The monoisotopic (exact) mass is 391 g/mol. The average Bonchev–Trinajstić information content (AvgIpc) is 3.01. The fourth-order valence-electron chi connectivity index (χ4n) is 3.45. The van der Waals surface area contributed by atoms with Gasteiger partial charge in [0.15, 0.2) is 0 Å². The third-order valence-electron chi connectivity index (χ3n) is 5.01. The molecule has 7 nitrogen and oxygen atoms in total. The summed E-state index contributed by atoms with van der Waals surface area (Å²) in [5.41, 5.74) is 0.526. The molecule has 0 aliphatic carbocycles. The summed E-state index contributed by atoms with van der Waals surface area (Å²) in [4.78, 5) is 44.3. The lowest BCUT2D eigenvalue weighted by Gasteiger charge is -2.21. The fraction of sp³-hybridized carbons (Fsp3) is 0.227. The van der Waals surface area contributed by atoms with Crippen molar-refractivity contribution < 1.29 is 14.3 Å². The molecule has 1 aliphatic heterocycles. The van der Waals surface area contributed by atoms with E-state index in [0.29, 0.717) is 49.3 Å². The van der Waals surface area contributed by atoms with Gasteiger partial charge in [-0.15, -0.1) is 0 Å². The molecule has 0 radical (unpaired) electrons. The first-order valence-corrected chi connectivity index (χ1v) is 9.55. The second-order valence-electron chi connectivity index (χ2n) is 6.89. The molecule has 1 N–H and O–H groups in total. The van der Waals surface area contributed by atoms with E-state index in [9.17, 15) is 14.4 Å². The highest BCUT2D eigenvalue weighted by molar-refractivity contribution is 5.97. The van der Waals surface area contributed by atoms with Gasteiger partial charge in [0.05, 0.1) is 0 Å². The number of carbonyl (C=O) groups excluding carboxylic acids is 2. The van der Waals surface area contributed by atoms with E-state index < -0.39 is 6.09 Å². The van der Waals surface area contributed by atoms with Gasteiger partial charge in [-0.1, -0.05) is 30.3 Å². The van der Waals surface area contributed by atoms with E-state index in [1.807, 2.05) is 12.1 Å². The van der Waals surface area contributed by atoms with Gasteiger partial charge in [-0.25, -0.2) is 4.79 Å². The van der Waals surface area contributed by atoms with Crippen LogP contribution >= 0.6 is 0 Å². The van der Waals surface area contributed by atoms with Gasteiger partial charge in [-0.3, -0.25) is 9.59 Å². The summed E-state index contributed by atoms with van der Waals surface area (Å²) in [6.07, 6.45) is 1.65. The number of rotatable bonds is 2. The topological polar surface area (TPSA) is 82.7 Å². The number of carbonyl (C=O) groups is 2. The third kappa shape index (κ3) is 3.99. The SMILES string of the molecule is O=C(Oc1ccccc1)N1CCCN(C(=O)c2c[nH]c3ccccc3c2=O)CC1. The summed E-state index contributed by atoms with van der Waals surface area (Å²) in [7, 11) is 0. The summed E-state index contributed by atoms with van der Waals surface area (Å²) in [6.45, 7) is 1.65. The molecule has 1 saturated heterocycles. The molecule has 1 aliphatic rings. The number of nitrogens with zero attached hydrogens (tertiary/aromatic N) is 2. The lowest BCUT2D eigenvalue weighted by Crippen LogP contribution is -2.39. The second-order valence-corrected chi connectivity index (χ2v) is 6.89. The number of hydrogen-bond acceptors (Lipinski definition) is 4. The average molecular weight is 391 g/mol. The van der Waals surface area contributed by atoms with Crippen LogP contribution in [0.1, 0.15) is 16.8 Å². The Morgan fingerprint density at radius 1 is 0.862 bits per heavy atom. The van der Waals surface area contributed by atoms with Crippen molar-refractivity contribution >= 4 is 22.9 Å². The Morgan fingerprint density at radius 2 is 1.55 bits per heavy atom.